The largest absolute Gasteiger partial charge is 0.508 e. The summed E-state index contributed by atoms with van der Waals surface area (Å²) in [6, 6.07) is 10.3. The molecule has 0 aromatic heterocycles. The molecule has 13 nitrogen and oxygen atoms in total. The van der Waals surface area contributed by atoms with E-state index in [1.165, 1.54) is 12.1 Å². The van der Waals surface area contributed by atoms with Crippen LogP contribution >= 0.6 is 0 Å². The molecule has 45 heavy (non-hydrogen) atoms. The highest BCUT2D eigenvalue weighted by molar-refractivity contribution is 7.89. The number of nitrogens with one attached hydrogen (secondary N) is 1. The van der Waals surface area contributed by atoms with Gasteiger partial charge in [0.2, 0.25) is 10.0 Å². The van der Waals surface area contributed by atoms with E-state index in [0.29, 0.717) is 48.6 Å². The summed E-state index contributed by atoms with van der Waals surface area (Å²) in [6.45, 7) is 3.09. The average Bonchev–Trinajstić information content (AvgIpc) is 3.23. The number of aromatic hydroxyl groups is 1. The number of rotatable bonds is 19. The Morgan fingerprint density at radius 1 is 1.02 bits per heavy atom. The molecule has 14 heteroatoms. The van der Waals surface area contributed by atoms with Crippen molar-refractivity contribution in [1.82, 2.24) is 9.62 Å². The highest BCUT2D eigenvalue weighted by Gasteiger charge is 2.52. The quantitative estimate of drug-likeness (QED) is 0.0997. The molecule has 0 spiro atoms. The van der Waals surface area contributed by atoms with Gasteiger partial charge in [-0.3, -0.25) is 9.59 Å². The van der Waals surface area contributed by atoms with E-state index in [1.807, 2.05) is 6.07 Å². The number of anilines is 1. The van der Waals surface area contributed by atoms with Crippen molar-refractivity contribution in [2.75, 3.05) is 37.5 Å². The van der Waals surface area contributed by atoms with Crippen LogP contribution in [-0.2, 0) is 42.1 Å². The van der Waals surface area contributed by atoms with Gasteiger partial charge >= 0.3 is 12.0 Å². The van der Waals surface area contributed by atoms with Crippen molar-refractivity contribution in [1.29, 1.82) is 0 Å². The number of unbranched alkanes of at least 4 members (excludes halogenated alkanes) is 4. The van der Waals surface area contributed by atoms with Gasteiger partial charge in [-0.15, -0.1) is 0 Å². The number of aliphatic hydroxyl groups excluding tert-OH is 2. The smallest absolute Gasteiger partial charge is 0.348 e. The van der Waals surface area contributed by atoms with Gasteiger partial charge in [0.15, 0.2) is 0 Å². The Labute approximate surface area is 263 Å². The van der Waals surface area contributed by atoms with Crippen LogP contribution in [0.5, 0.6) is 5.75 Å². The normalized spacial score (nSPS) is 16.0. The van der Waals surface area contributed by atoms with E-state index in [1.54, 1.807) is 24.3 Å². The second-order valence-electron chi connectivity index (χ2n) is 10.9. The first kappa shape index (κ1) is 35.9. The zero-order chi connectivity index (χ0) is 33.0. The number of phenols is 1. The molecule has 0 bridgehead atoms. The molecular formula is C31H43N3O10S. The number of aliphatic hydroxyl groups is 2. The van der Waals surface area contributed by atoms with Gasteiger partial charge in [-0.2, -0.15) is 4.31 Å². The Morgan fingerprint density at radius 2 is 1.73 bits per heavy atom. The van der Waals surface area contributed by atoms with Crippen LogP contribution in [0.2, 0.25) is 0 Å². The van der Waals surface area contributed by atoms with Gasteiger partial charge in [0.05, 0.1) is 24.7 Å². The van der Waals surface area contributed by atoms with Crippen LogP contribution in [0.25, 0.3) is 0 Å². The molecule has 1 saturated heterocycles. The lowest BCUT2D eigenvalue weighted by atomic mass is 10.1. The Morgan fingerprint density at radius 3 is 2.44 bits per heavy atom. The standard InChI is InChI=1S/C31H43N3O10S/c1-22(36)44-30-29(39)33(31(40)34(30)45(2,41)42)26-12-8-10-23(18-26)11-9-17-43-16-7-5-3-4-6-15-32-20-28(38)24-13-14-27(37)25(19-24)21-35/h8,10,12-14,18-19,28,30,32,35,37-38H,3-7,9,11,15-17,20-21H2,1-2H3/t28-,30?/m0/s1. The molecular weight excluding hydrogens is 606 g/mol. The van der Waals surface area contributed by atoms with Gasteiger partial charge in [0, 0.05) is 32.2 Å². The summed E-state index contributed by atoms with van der Waals surface area (Å²) in [7, 11) is -4.18. The number of nitrogens with zero attached hydrogens (tertiary/aromatic N) is 2. The van der Waals surface area contributed by atoms with Crippen molar-refractivity contribution in [3.05, 3.63) is 59.2 Å². The highest BCUT2D eigenvalue weighted by atomic mass is 32.2. The number of carbonyl (C=O) groups is 3. The fraction of sp³-hybridized carbons (Fsp3) is 0.516. The first-order valence-corrected chi connectivity index (χ1v) is 16.8. The summed E-state index contributed by atoms with van der Waals surface area (Å²) in [4.78, 5) is 37.9. The van der Waals surface area contributed by atoms with E-state index in [2.05, 4.69) is 5.32 Å². The molecule has 0 radical (unpaired) electrons. The minimum atomic E-state index is -4.18. The number of urea groups is 1. The Hall–Kier alpha value is -3.56. The van der Waals surface area contributed by atoms with Crippen molar-refractivity contribution in [3.63, 3.8) is 0 Å². The number of esters is 1. The van der Waals surface area contributed by atoms with Crippen molar-refractivity contribution in [2.45, 2.75) is 70.8 Å². The zero-order valence-corrected chi connectivity index (χ0v) is 26.5. The molecule has 3 amide bonds. The summed E-state index contributed by atoms with van der Waals surface area (Å²) < 4.78 is 35.2. The van der Waals surface area contributed by atoms with Crippen molar-refractivity contribution in [3.8, 4) is 5.75 Å². The second-order valence-corrected chi connectivity index (χ2v) is 12.8. The fourth-order valence-electron chi connectivity index (χ4n) is 4.92. The van der Waals surface area contributed by atoms with E-state index in [-0.39, 0.29) is 22.3 Å². The van der Waals surface area contributed by atoms with E-state index in [9.17, 15) is 38.1 Å². The molecule has 1 aliphatic heterocycles. The van der Waals surface area contributed by atoms with Crippen LogP contribution in [0.4, 0.5) is 10.5 Å². The first-order chi connectivity index (χ1) is 21.4. The van der Waals surface area contributed by atoms with Crippen LogP contribution in [0, 0.1) is 0 Å². The lowest BCUT2D eigenvalue weighted by Crippen LogP contribution is -2.42. The van der Waals surface area contributed by atoms with Gasteiger partial charge in [-0.25, -0.2) is 18.1 Å². The Kier molecular flexibility index (Phi) is 13.7. The van der Waals surface area contributed by atoms with Gasteiger partial charge in [0.1, 0.15) is 5.75 Å². The monoisotopic (exact) mass is 649 g/mol. The number of imide groups is 1. The Bertz CT molecular complexity index is 1420. The summed E-state index contributed by atoms with van der Waals surface area (Å²) in [5.41, 5.74) is 2.05. The minimum absolute atomic E-state index is 0.0104. The second kappa shape index (κ2) is 17.2. The van der Waals surface area contributed by atoms with Crippen LogP contribution in [0.3, 0.4) is 0 Å². The third-order valence-corrected chi connectivity index (χ3v) is 8.28. The van der Waals surface area contributed by atoms with Gasteiger partial charge in [-0.1, -0.05) is 37.5 Å². The lowest BCUT2D eigenvalue weighted by Gasteiger charge is -2.18. The van der Waals surface area contributed by atoms with Gasteiger partial charge in [-0.05, 0) is 67.6 Å². The number of hydrogen-bond acceptors (Lipinski definition) is 11. The highest BCUT2D eigenvalue weighted by Crippen LogP contribution is 2.29. The molecule has 1 heterocycles. The molecule has 2 atom stereocenters. The van der Waals surface area contributed by atoms with Crippen molar-refractivity contribution < 1.29 is 47.6 Å². The van der Waals surface area contributed by atoms with Crippen LogP contribution in [0.15, 0.2) is 42.5 Å². The molecule has 1 fully saturated rings. The molecule has 1 unspecified atom stereocenters. The maximum Gasteiger partial charge on any atom is 0.348 e. The summed E-state index contributed by atoms with van der Waals surface area (Å²) >= 11 is 0. The number of hydrogen-bond donors (Lipinski definition) is 4. The number of benzene rings is 2. The topological polar surface area (TPSA) is 183 Å². The number of carbonyl (C=O) groups excluding carboxylic acids is 3. The maximum absolute atomic E-state index is 12.9. The van der Waals surface area contributed by atoms with Crippen molar-refractivity contribution in [2.24, 2.45) is 0 Å². The van der Waals surface area contributed by atoms with E-state index in [0.717, 1.165) is 57.4 Å². The molecule has 0 aliphatic carbocycles. The first-order valence-electron chi connectivity index (χ1n) is 15.0. The number of ether oxygens (including phenoxy) is 2. The lowest BCUT2D eigenvalue weighted by molar-refractivity contribution is -0.155. The molecule has 2 aromatic carbocycles. The molecule has 3 rings (SSSR count). The molecule has 4 N–H and O–H groups in total. The van der Waals surface area contributed by atoms with E-state index < -0.39 is 40.3 Å². The molecule has 0 saturated carbocycles. The number of aryl methyl sites for hydroxylation is 1. The van der Waals surface area contributed by atoms with Crippen LogP contribution in [-0.4, -0.2) is 84.7 Å². The van der Waals surface area contributed by atoms with E-state index >= 15 is 0 Å². The third kappa shape index (κ3) is 10.5. The zero-order valence-electron chi connectivity index (χ0n) is 25.7. The minimum Gasteiger partial charge on any atom is -0.508 e. The molecule has 2 aromatic rings. The van der Waals surface area contributed by atoms with Crippen LogP contribution in [0.1, 0.15) is 68.2 Å². The number of sulfonamides is 1. The molecule has 1 aliphatic rings. The third-order valence-electron chi connectivity index (χ3n) is 7.22. The fourth-order valence-corrected chi connectivity index (χ4v) is 5.77. The average molecular weight is 650 g/mol. The van der Waals surface area contributed by atoms with E-state index in [4.69, 9.17) is 9.47 Å². The maximum atomic E-state index is 12.9. The Balaban J connectivity index is 1.28. The summed E-state index contributed by atoms with van der Waals surface area (Å²) in [6.07, 6.45) is 4.58. The van der Waals surface area contributed by atoms with Gasteiger partial charge < -0.3 is 30.1 Å². The number of amides is 3. The molecule has 248 valence electrons. The summed E-state index contributed by atoms with van der Waals surface area (Å²) in [5, 5.41) is 32.4. The predicted octanol–water partition coefficient (Wildman–Crippen LogP) is 2.72. The SMILES string of the molecule is CC(=O)OC1C(=O)N(c2cccc(CCCOCCCCCCCNC[C@H](O)c3ccc(O)c(CO)c3)c2)C(=O)N1S(C)(=O)=O. The van der Waals surface area contributed by atoms with Crippen molar-refractivity contribution >= 4 is 33.6 Å². The van der Waals surface area contributed by atoms with Gasteiger partial charge in [0.25, 0.3) is 12.1 Å². The predicted molar refractivity (Wildman–Crippen MR) is 166 cm³/mol. The van der Waals surface area contributed by atoms with Crippen LogP contribution < -0.4 is 10.2 Å². The summed E-state index contributed by atoms with van der Waals surface area (Å²) in [5.74, 6) is -1.84.